The van der Waals surface area contributed by atoms with Crippen LogP contribution in [0.1, 0.15) is 53.4 Å². The number of nitrogens with one attached hydrogen (secondary N) is 1. The van der Waals surface area contributed by atoms with Gasteiger partial charge in [0.1, 0.15) is 17.2 Å². The Balaban J connectivity index is 1.29. The number of H-pyrrole nitrogens is 1. The molecule has 38 heavy (non-hydrogen) atoms. The number of pyridine rings is 2. The second-order valence-electron chi connectivity index (χ2n) is 11.3. The summed E-state index contributed by atoms with van der Waals surface area (Å²) < 4.78 is 13.4. The van der Waals surface area contributed by atoms with Crippen LogP contribution in [0, 0.1) is 0 Å². The van der Waals surface area contributed by atoms with Crippen molar-refractivity contribution in [2.45, 2.75) is 64.5 Å². The lowest BCUT2D eigenvalue weighted by Gasteiger charge is -2.46. The number of hydrogen-bond acceptors (Lipinski definition) is 7. The molecular formula is C28H35N7O3. The van der Waals surface area contributed by atoms with Crippen molar-refractivity contribution in [3.8, 4) is 16.9 Å². The molecule has 0 radical (unpaired) electrons. The van der Waals surface area contributed by atoms with Crippen LogP contribution in [0.4, 0.5) is 10.6 Å². The SMILES string of the molecule is CCOc1cc(-c2ccc(N3CCCC4(CCCN4C(=O)OC(C)(C)C)C3)nc2)c2c3cn[nH]c3nn2c1. The van der Waals surface area contributed by atoms with Gasteiger partial charge in [0.2, 0.25) is 0 Å². The number of aromatic amines is 1. The summed E-state index contributed by atoms with van der Waals surface area (Å²) in [5.41, 5.74) is 2.95. The minimum atomic E-state index is -0.505. The summed E-state index contributed by atoms with van der Waals surface area (Å²) >= 11 is 0. The Bertz CT molecular complexity index is 1470. The summed E-state index contributed by atoms with van der Waals surface area (Å²) in [4.78, 5) is 22.2. The van der Waals surface area contributed by atoms with Gasteiger partial charge in [0.05, 0.1) is 35.4 Å². The van der Waals surface area contributed by atoms with E-state index in [1.54, 1.807) is 6.20 Å². The maximum atomic E-state index is 13.1. The summed E-state index contributed by atoms with van der Waals surface area (Å²) in [5.74, 6) is 1.67. The number of carbonyl (C=O) groups excluding carboxylic acids is 1. The van der Waals surface area contributed by atoms with Gasteiger partial charge < -0.3 is 19.3 Å². The van der Waals surface area contributed by atoms with E-state index < -0.39 is 5.60 Å². The second kappa shape index (κ2) is 9.18. The van der Waals surface area contributed by atoms with E-state index in [-0.39, 0.29) is 11.6 Å². The number of rotatable bonds is 4. The van der Waals surface area contributed by atoms with Crippen LogP contribution in [0.3, 0.4) is 0 Å². The molecule has 4 aromatic rings. The molecule has 0 bridgehead atoms. The van der Waals surface area contributed by atoms with E-state index in [9.17, 15) is 4.79 Å². The van der Waals surface area contributed by atoms with E-state index in [4.69, 9.17) is 14.5 Å². The van der Waals surface area contributed by atoms with Crippen molar-refractivity contribution in [1.82, 2.24) is 29.7 Å². The Morgan fingerprint density at radius 1 is 1.16 bits per heavy atom. The lowest BCUT2D eigenvalue weighted by Crippen LogP contribution is -2.58. The summed E-state index contributed by atoms with van der Waals surface area (Å²) in [6.45, 7) is 10.7. The molecule has 6 rings (SSSR count). The largest absolute Gasteiger partial charge is 0.492 e. The van der Waals surface area contributed by atoms with E-state index in [2.05, 4.69) is 32.3 Å². The van der Waals surface area contributed by atoms with E-state index in [0.29, 0.717) is 6.61 Å². The lowest BCUT2D eigenvalue weighted by atomic mass is 9.86. The first kappa shape index (κ1) is 24.5. The number of ether oxygens (including phenoxy) is 2. The Labute approximate surface area is 221 Å². The van der Waals surface area contributed by atoms with E-state index in [0.717, 1.165) is 84.6 Å². The van der Waals surface area contributed by atoms with Gasteiger partial charge in [0.25, 0.3) is 0 Å². The molecule has 1 atom stereocenters. The van der Waals surface area contributed by atoms with Crippen molar-refractivity contribution in [1.29, 1.82) is 0 Å². The average molecular weight is 518 g/mol. The molecule has 2 saturated heterocycles. The van der Waals surface area contributed by atoms with Crippen LogP contribution in [0.5, 0.6) is 5.75 Å². The summed E-state index contributed by atoms with van der Waals surface area (Å²) in [7, 11) is 0. The zero-order chi connectivity index (χ0) is 26.5. The first-order valence-corrected chi connectivity index (χ1v) is 13.5. The number of nitrogens with zero attached hydrogens (tertiary/aromatic N) is 6. The van der Waals surface area contributed by atoms with Crippen LogP contribution >= 0.6 is 0 Å². The van der Waals surface area contributed by atoms with Gasteiger partial charge in [-0.3, -0.25) is 5.10 Å². The van der Waals surface area contributed by atoms with Crippen LogP contribution in [-0.4, -0.2) is 73.2 Å². The molecule has 2 aliphatic heterocycles. The number of carbonyl (C=O) groups is 1. The zero-order valence-corrected chi connectivity index (χ0v) is 22.5. The number of amides is 1. The van der Waals surface area contributed by atoms with E-state index >= 15 is 0 Å². The fourth-order valence-corrected chi connectivity index (χ4v) is 6.01. The number of hydrogen-bond donors (Lipinski definition) is 1. The molecule has 2 fully saturated rings. The molecule has 0 saturated carbocycles. The second-order valence-corrected chi connectivity index (χ2v) is 11.3. The highest BCUT2D eigenvalue weighted by atomic mass is 16.6. The Kier molecular flexibility index (Phi) is 5.92. The molecule has 10 nitrogen and oxygen atoms in total. The molecule has 0 aliphatic carbocycles. The van der Waals surface area contributed by atoms with Crippen molar-refractivity contribution in [3.05, 3.63) is 36.8 Å². The van der Waals surface area contributed by atoms with Crippen molar-refractivity contribution >= 4 is 28.5 Å². The molecule has 1 amide bonds. The lowest BCUT2D eigenvalue weighted by molar-refractivity contribution is 0.00518. The smallest absolute Gasteiger partial charge is 0.410 e. The predicted octanol–water partition coefficient (Wildman–Crippen LogP) is 5.04. The third-order valence-corrected chi connectivity index (χ3v) is 7.56. The summed E-state index contributed by atoms with van der Waals surface area (Å²) in [5, 5.41) is 12.7. The van der Waals surface area contributed by atoms with Gasteiger partial charge in [0.15, 0.2) is 5.65 Å². The first-order valence-electron chi connectivity index (χ1n) is 13.5. The van der Waals surface area contributed by atoms with Crippen LogP contribution < -0.4 is 9.64 Å². The topological polar surface area (TPSA) is 101 Å². The van der Waals surface area contributed by atoms with Crippen LogP contribution in [-0.2, 0) is 4.74 Å². The molecular weight excluding hydrogens is 482 g/mol. The van der Waals surface area contributed by atoms with Gasteiger partial charge in [-0.2, -0.15) is 5.10 Å². The van der Waals surface area contributed by atoms with E-state index in [1.165, 1.54) is 0 Å². The fourth-order valence-electron chi connectivity index (χ4n) is 6.01. The van der Waals surface area contributed by atoms with Gasteiger partial charge in [-0.15, -0.1) is 5.10 Å². The molecule has 200 valence electrons. The fraction of sp³-hybridized carbons (Fsp3) is 0.500. The third kappa shape index (κ3) is 4.31. The Morgan fingerprint density at radius 2 is 1.97 bits per heavy atom. The Morgan fingerprint density at radius 3 is 2.71 bits per heavy atom. The molecule has 1 N–H and O–H groups in total. The van der Waals surface area contributed by atoms with Gasteiger partial charge >= 0.3 is 6.09 Å². The van der Waals surface area contributed by atoms with Gasteiger partial charge in [-0.1, -0.05) is 0 Å². The minimum Gasteiger partial charge on any atom is -0.492 e. The van der Waals surface area contributed by atoms with Crippen LogP contribution in [0.2, 0.25) is 0 Å². The van der Waals surface area contributed by atoms with Gasteiger partial charge in [-0.25, -0.2) is 14.3 Å². The number of anilines is 1. The summed E-state index contributed by atoms with van der Waals surface area (Å²) in [6.07, 6.45) is 9.40. The molecule has 2 aliphatic rings. The molecule has 0 aromatic carbocycles. The molecule has 6 heterocycles. The highest BCUT2D eigenvalue weighted by Gasteiger charge is 2.47. The third-order valence-electron chi connectivity index (χ3n) is 7.56. The molecule has 1 unspecified atom stereocenters. The van der Waals surface area contributed by atoms with Crippen molar-refractivity contribution in [2.24, 2.45) is 0 Å². The normalized spacial score (nSPS) is 20.1. The van der Waals surface area contributed by atoms with Crippen molar-refractivity contribution in [3.63, 3.8) is 0 Å². The maximum absolute atomic E-state index is 13.1. The van der Waals surface area contributed by atoms with Crippen molar-refractivity contribution < 1.29 is 14.3 Å². The van der Waals surface area contributed by atoms with Gasteiger partial charge in [-0.05, 0) is 71.6 Å². The Hall–Kier alpha value is -3.82. The minimum absolute atomic E-state index is 0.204. The number of likely N-dealkylation sites (tertiary alicyclic amines) is 1. The molecule has 1 spiro atoms. The highest BCUT2D eigenvalue weighted by Crippen LogP contribution is 2.40. The maximum Gasteiger partial charge on any atom is 0.410 e. The average Bonchev–Trinajstić information content (AvgIpc) is 3.58. The summed E-state index contributed by atoms with van der Waals surface area (Å²) in [6, 6.07) is 6.22. The van der Waals surface area contributed by atoms with Crippen LogP contribution in [0.15, 0.2) is 36.8 Å². The predicted molar refractivity (Wildman–Crippen MR) is 146 cm³/mol. The highest BCUT2D eigenvalue weighted by molar-refractivity contribution is 6.00. The quantitative estimate of drug-likeness (QED) is 0.405. The standard InChI is InChI=1S/C28H35N7O3/c1-5-37-20-14-21(24-22-16-30-31-25(22)32-35(24)17-20)19-8-9-23(29-15-19)33-12-6-10-28(18-33)11-7-13-34(28)26(36)38-27(2,3)4/h8-9,14-17H,5-7,10-13,18H2,1-4H3,(H,31,32). The number of fused-ring (bicyclic) bond motifs is 3. The number of piperidine rings is 1. The van der Waals surface area contributed by atoms with Crippen molar-refractivity contribution in [2.75, 3.05) is 31.1 Å². The molecule has 4 aromatic heterocycles. The molecule has 10 heteroatoms. The zero-order valence-electron chi connectivity index (χ0n) is 22.5. The van der Waals surface area contributed by atoms with E-state index in [1.807, 2.05) is 55.6 Å². The van der Waals surface area contributed by atoms with Crippen LogP contribution in [0.25, 0.3) is 27.7 Å². The van der Waals surface area contributed by atoms with Gasteiger partial charge in [0, 0.05) is 37.0 Å². The monoisotopic (exact) mass is 517 g/mol. The number of aromatic nitrogens is 5. The first-order chi connectivity index (χ1) is 18.3.